The van der Waals surface area contributed by atoms with Crippen LogP contribution in [0.5, 0.6) is 5.75 Å². The lowest BCUT2D eigenvalue weighted by atomic mass is 9.80. The first-order valence-corrected chi connectivity index (χ1v) is 5.47. The van der Waals surface area contributed by atoms with E-state index in [0.717, 1.165) is 12.5 Å². The maximum absolute atomic E-state index is 13.7. The number of carbonyl (C=O) groups excluding carboxylic acids is 1. The molecular weight excluding hydrogens is 252 g/mol. The van der Waals surface area contributed by atoms with E-state index < -0.39 is 23.7 Å². The van der Waals surface area contributed by atoms with Gasteiger partial charge in [0.15, 0.2) is 17.3 Å². The molecule has 0 N–H and O–H groups in total. The predicted molar refractivity (Wildman–Crippen MR) is 54.8 cm³/mol. The highest BCUT2D eigenvalue weighted by Gasteiger charge is 2.34. The second-order valence-corrected chi connectivity index (χ2v) is 4.16. The first-order chi connectivity index (χ1) is 8.38. The Morgan fingerprint density at radius 2 is 1.94 bits per heavy atom. The normalized spacial score (nSPS) is 16.2. The topological polar surface area (TPSA) is 26.3 Å². The molecule has 1 aromatic carbocycles. The summed E-state index contributed by atoms with van der Waals surface area (Å²) in [6, 6.07) is 3.20. The van der Waals surface area contributed by atoms with Crippen molar-refractivity contribution < 1.29 is 27.1 Å². The summed E-state index contributed by atoms with van der Waals surface area (Å²) in [5.41, 5.74) is -0.332. The molecule has 1 aliphatic carbocycles. The number of rotatable bonds is 3. The molecule has 18 heavy (non-hydrogen) atoms. The molecular formula is C12H10F4O2. The van der Waals surface area contributed by atoms with Crippen molar-refractivity contribution in [2.75, 3.05) is 0 Å². The minimum Gasteiger partial charge on any atom is -0.403 e. The summed E-state index contributed by atoms with van der Waals surface area (Å²) in [6.45, 7) is 0. The number of alkyl halides is 3. The summed E-state index contributed by atoms with van der Waals surface area (Å²) in [6.07, 6.45) is -2.78. The molecule has 1 aliphatic rings. The third-order valence-electron chi connectivity index (χ3n) is 2.93. The molecule has 6 heteroatoms. The van der Waals surface area contributed by atoms with Crippen molar-refractivity contribution in [1.29, 1.82) is 0 Å². The summed E-state index contributed by atoms with van der Waals surface area (Å²) < 4.78 is 53.3. The number of hydrogen-bond donors (Lipinski definition) is 0. The van der Waals surface area contributed by atoms with E-state index in [4.69, 9.17) is 0 Å². The molecule has 0 bridgehead atoms. The second-order valence-electron chi connectivity index (χ2n) is 4.16. The number of halogens is 4. The Hall–Kier alpha value is -1.59. The number of ketones is 1. The van der Waals surface area contributed by atoms with Gasteiger partial charge in [-0.1, -0.05) is 12.5 Å². The zero-order chi connectivity index (χ0) is 13.3. The van der Waals surface area contributed by atoms with Gasteiger partial charge in [-0.05, 0) is 25.0 Å². The molecule has 0 amide bonds. The van der Waals surface area contributed by atoms with Gasteiger partial charge in [-0.3, -0.25) is 4.79 Å². The first kappa shape index (κ1) is 12.9. The van der Waals surface area contributed by atoms with Gasteiger partial charge in [0.05, 0.1) is 5.56 Å². The van der Waals surface area contributed by atoms with Gasteiger partial charge in [0.1, 0.15) is 0 Å². The SMILES string of the molecule is O=C(c1cccc(OC(F)(F)F)c1F)C1CCC1. The van der Waals surface area contributed by atoms with E-state index in [1.807, 2.05) is 0 Å². The van der Waals surface area contributed by atoms with Gasteiger partial charge < -0.3 is 4.74 Å². The van der Waals surface area contributed by atoms with Gasteiger partial charge in [0.25, 0.3) is 0 Å². The van der Waals surface area contributed by atoms with Crippen molar-refractivity contribution >= 4 is 5.78 Å². The van der Waals surface area contributed by atoms with Gasteiger partial charge in [0, 0.05) is 5.92 Å². The highest BCUT2D eigenvalue weighted by molar-refractivity contribution is 5.98. The monoisotopic (exact) mass is 262 g/mol. The Morgan fingerprint density at radius 1 is 1.28 bits per heavy atom. The van der Waals surface area contributed by atoms with Crippen LogP contribution in [0.1, 0.15) is 29.6 Å². The van der Waals surface area contributed by atoms with Gasteiger partial charge in [-0.25, -0.2) is 4.39 Å². The summed E-state index contributed by atoms with van der Waals surface area (Å²) in [4.78, 5) is 11.8. The molecule has 0 unspecified atom stereocenters. The molecule has 0 aromatic heterocycles. The molecule has 1 fully saturated rings. The standard InChI is InChI=1S/C12H10F4O2/c13-10-8(11(17)7-3-1-4-7)5-2-6-9(10)18-12(14,15)16/h2,5-7H,1,3-4H2. The van der Waals surface area contributed by atoms with Crippen LogP contribution in [-0.2, 0) is 0 Å². The van der Waals surface area contributed by atoms with Crippen molar-refractivity contribution in [2.24, 2.45) is 5.92 Å². The average molecular weight is 262 g/mol. The third kappa shape index (κ3) is 2.63. The number of Topliss-reactive ketones (excluding diaryl/α,β-unsaturated/α-hetero) is 1. The van der Waals surface area contributed by atoms with E-state index in [9.17, 15) is 22.4 Å². The zero-order valence-electron chi connectivity index (χ0n) is 9.26. The average Bonchev–Trinajstić information content (AvgIpc) is 2.16. The molecule has 0 spiro atoms. The summed E-state index contributed by atoms with van der Waals surface area (Å²) in [7, 11) is 0. The van der Waals surface area contributed by atoms with Crippen LogP contribution in [0, 0.1) is 11.7 Å². The van der Waals surface area contributed by atoms with E-state index in [-0.39, 0.29) is 11.5 Å². The lowest BCUT2D eigenvalue weighted by Gasteiger charge is -2.24. The lowest BCUT2D eigenvalue weighted by Crippen LogP contribution is -2.24. The van der Waals surface area contributed by atoms with Crippen LogP contribution in [0.4, 0.5) is 17.6 Å². The van der Waals surface area contributed by atoms with Crippen molar-refractivity contribution in [3.8, 4) is 5.75 Å². The molecule has 0 saturated heterocycles. The Balaban J connectivity index is 2.26. The maximum atomic E-state index is 13.7. The largest absolute Gasteiger partial charge is 0.573 e. The minimum absolute atomic E-state index is 0.277. The van der Waals surface area contributed by atoms with Crippen LogP contribution >= 0.6 is 0 Å². The molecule has 0 radical (unpaired) electrons. The Bertz CT molecular complexity index is 464. The van der Waals surface area contributed by atoms with Crippen LogP contribution in [0.15, 0.2) is 18.2 Å². The molecule has 1 saturated carbocycles. The fourth-order valence-corrected chi connectivity index (χ4v) is 1.79. The van der Waals surface area contributed by atoms with Crippen LogP contribution in [0.2, 0.25) is 0 Å². The van der Waals surface area contributed by atoms with Crippen LogP contribution in [0.25, 0.3) is 0 Å². The van der Waals surface area contributed by atoms with Crippen molar-refractivity contribution in [2.45, 2.75) is 25.6 Å². The summed E-state index contributed by atoms with van der Waals surface area (Å²) >= 11 is 0. The second kappa shape index (κ2) is 4.59. The Labute approximate surface area is 101 Å². The molecule has 98 valence electrons. The van der Waals surface area contributed by atoms with Crippen molar-refractivity contribution in [3.05, 3.63) is 29.6 Å². The van der Waals surface area contributed by atoms with Crippen LogP contribution in [0.3, 0.4) is 0 Å². The van der Waals surface area contributed by atoms with E-state index in [0.29, 0.717) is 12.8 Å². The quantitative estimate of drug-likeness (QED) is 0.613. The van der Waals surface area contributed by atoms with E-state index in [1.54, 1.807) is 0 Å². The number of benzene rings is 1. The smallest absolute Gasteiger partial charge is 0.403 e. The summed E-state index contributed by atoms with van der Waals surface area (Å²) in [5.74, 6) is -2.94. The molecule has 2 nitrogen and oxygen atoms in total. The van der Waals surface area contributed by atoms with Gasteiger partial charge >= 0.3 is 6.36 Å². The van der Waals surface area contributed by atoms with Crippen molar-refractivity contribution in [1.82, 2.24) is 0 Å². The first-order valence-electron chi connectivity index (χ1n) is 5.47. The van der Waals surface area contributed by atoms with Crippen LogP contribution in [-0.4, -0.2) is 12.1 Å². The van der Waals surface area contributed by atoms with E-state index in [1.165, 1.54) is 12.1 Å². The molecule has 1 aromatic rings. The Kier molecular flexibility index (Phi) is 3.28. The predicted octanol–water partition coefficient (Wildman–Crippen LogP) is 3.71. The molecule has 2 rings (SSSR count). The van der Waals surface area contributed by atoms with Crippen molar-refractivity contribution in [3.63, 3.8) is 0 Å². The number of carbonyl (C=O) groups is 1. The Morgan fingerprint density at radius 3 is 2.44 bits per heavy atom. The highest BCUT2D eigenvalue weighted by Crippen LogP contribution is 2.33. The van der Waals surface area contributed by atoms with E-state index in [2.05, 4.69) is 4.74 Å². The lowest BCUT2D eigenvalue weighted by molar-refractivity contribution is -0.275. The minimum atomic E-state index is -4.97. The highest BCUT2D eigenvalue weighted by atomic mass is 19.4. The van der Waals surface area contributed by atoms with Crippen LogP contribution < -0.4 is 4.74 Å². The van der Waals surface area contributed by atoms with E-state index >= 15 is 0 Å². The maximum Gasteiger partial charge on any atom is 0.573 e. The van der Waals surface area contributed by atoms with Gasteiger partial charge in [-0.2, -0.15) is 0 Å². The number of hydrogen-bond acceptors (Lipinski definition) is 2. The number of ether oxygens (including phenoxy) is 1. The summed E-state index contributed by atoms with van der Waals surface area (Å²) in [5, 5.41) is 0. The van der Waals surface area contributed by atoms with Gasteiger partial charge in [-0.15, -0.1) is 13.2 Å². The fourth-order valence-electron chi connectivity index (χ4n) is 1.79. The third-order valence-corrected chi connectivity index (χ3v) is 2.93. The molecule has 0 heterocycles. The molecule has 0 aliphatic heterocycles. The zero-order valence-corrected chi connectivity index (χ0v) is 9.26. The fraction of sp³-hybridized carbons (Fsp3) is 0.417. The van der Waals surface area contributed by atoms with Gasteiger partial charge in [0.2, 0.25) is 0 Å². The molecule has 0 atom stereocenters.